The van der Waals surface area contributed by atoms with Gasteiger partial charge in [0.15, 0.2) is 10.3 Å². The Morgan fingerprint density at radius 1 is 1.15 bits per heavy atom. The van der Waals surface area contributed by atoms with Gasteiger partial charge in [-0.2, -0.15) is 0 Å². The van der Waals surface area contributed by atoms with E-state index in [0.717, 1.165) is 40.2 Å². The number of benzene rings is 1. The van der Waals surface area contributed by atoms with Crippen molar-refractivity contribution in [2.24, 2.45) is 0 Å². The molecule has 0 aliphatic heterocycles. The zero-order chi connectivity index (χ0) is 19.5. The fraction of sp³-hybridized carbons (Fsp3) is 0.333. The van der Waals surface area contributed by atoms with Crippen molar-refractivity contribution in [2.75, 3.05) is 16.8 Å². The van der Waals surface area contributed by atoms with Crippen LogP contribution in [0.5, 0.6) is 0 Å². The molecule has 2 rings (SSSR count). The first-order valence-corrected chi connectivity index (χ1v) is 11.0. The third-order valence-corrected chi connectivity index (χ3v) is 5.29. The maximum atomic E-state index is 12.0. The molecule has 3 N–H and O–H groups in total. The Balaban J connectivity index is 1.75. The van der Waals surface area contributed by atoms with Crippen LogP contribution in [-0.4, -0.2) is 32.5 Å². The van der Waals surface area contributed by atoms with Crippen molar-refractivity contribution < 1.29 is 4.79 Å². The van der Waals surface area contributed by atoms with E-state index in [0.29, 0.717) is 5.11 Å². The van der Waals surface area contributed by atoms with Crippen LogP contribution in [0.3, 0.4) is 0 Å². The Labute approximate surface area is 173 Å². The Morgan fingerprint density at radius 2 is 1.93 bits per heavy atom. The van der Waals surface area contributed by atoms with E-state index in [2.05, 4.69) is 33.1 Å². The first kappa shape index (κ1) is 21.5. The van der Waals surface area contributed by atoms with Crippen LogP contribution in [0.1, 0.15) is 25.5 Å². The number of hydrazine groups is 1. The van der Waals surface area contributed by atoms with Gasteiger partial charge in [-0.3, -0.25) is 15.6 Å². The predicted octanol–water partition coefficient (Wildman–Crippen LogP) is 3.79. The molecule has 0 spiro atoms. The smallest absolute Gasteiger partial charge is 0.248 e. The van der Waals surface area contributed by atoms with E-state index in [9.17, 15) is 4.79 Å². The molecule has 6 nitrogen and oxygen atoms in total. The van der Waals surface area contributed by atoms with Crippen LogP contribution in [0.2, 0.25) is 0 Å². The molecule has 0 aliphatic carbocycles. The lowest BCUT2D eigenvalue weighted by Gasteiger charge is -2.11. The minimum Gasteiger partial charge on any atom is -0.331 e. The lowest BCUT2D eigenvalue weighted by molar-refractivity contribution is -0.119. The fourth-order valence-electron chi connectivity index (χ4n) is 1.95. The maximum Gasteiger partial charge on any atom is 0.248 e. The number of thioether (sulfide) groups is 2. The highest BCUT2D eigenvalue weighted by atomic mass is 32.2. The summed E-state index contributed by atoms with van der Waals surface area (Å²) < 4.78 is 0. The third-order valence-electron chi connectivity index (χ3n) is 3.24. The summed E-state index contributed by atoms with van der Waals surface area (Å²) in [6, 6.07) is 11.4. The number of rotatable bonds is 8. The van der Waals surface area contributed by atoms with E-state index < -0.39 is 0 Å². The minimum absolute atomic E-state index is 0.186. The van der Waals surface area contributed by atoms with Crippen molar-refractivity contribution in [1.29, 1.82) is 0 Å². The molecular weight excluding hydrogens is 398 g/mol. The summed E-state index contributed by atoms with van der Waals surface area (Å²) in [5.41, 5.74) is 7.03. The largest absolute Gasteiger partial charge is 0.331 e. The number of nitrogens with one attached hydrogen (secondary N) is 3. The molecule has 0 aliphatic rings. The van der Waals surface area contributed by atoms with Gasteiger partial charge >= 0.3 is 0 Å². The second-order valence-corrected chi connectivity index (χ2v) is 8.08. The van der Waals surface area contributed by atoms with Crippen molar-refractivity contribution in [1.82, 2.24) is 20.8 Å². The number of hydrogen-bond acceptors (Lipinski definition) is 6. The minimum atomic E-state index is -0.186. The Bertz CT molecular complexity index is 758. The molecule has 1 aromatic carbocycles. The lowest BCUT2D eigenvalue weighted by Crippen LogP contribution is -2.44. The number of carbonyl (C=O) groups is 1. The average molecular weight is 422 g/mol. The van der Waals surface area contributed by atoms with Crippen LogP contribution in [0.25, 0.3) is 0 Å². The Morgan fingerprint density at radius 3 is 2.67 bits per heavy atom. The van der Waals surface area contributed by atoms with Crippen molar-refractivity contribution in [3.63, 3.8) is 0 Å². The van der Waals surface area contributed by atoms with E-state index in [1.54, 1.807) is 11.8 Å². The maximum absolute atomic E-state index is 12.0. The van der Waals surface area contributed by atoms with Crippen LogP contribution in [0.4, 0.5) is 5.69 Å². The number of aryl methyl sites for hydroxylation is 1. The summed E-state index contributed by atoms with van der Waals surface area (Å²) in [5.74, 6) is 1.05. The summed E-state index contributed by atoms with van der Waals surface area (Å²) in [7, 11) is 0. The van der Waals surface area contributed by atoms with Crippen LogP contribution in [0, 0.1) is 6.92 Å². The molecule has 0 bridgehead atoms. The summed E-state index contributed by atoms with van der Waals surface area (Å²) in [6.07, 6.45) is 2.28. The molecule has 0 radical (unpaired) electrons. The molecule has 0 saturated carbocycles. The number of aromatic nitrogens is 2. The van der Waals surface area contributed by atoms with Crippen LogP contribution < -0.4 is 16.2 Å². The number of thiocarbonyl (C=S) groups is 1. The summed E-state index contributed by atoms with van der Waals surface area (Å²) in [6.45, 7) is 4.09. The van der Waals surface area contributed by atoms with E-state index >= 15 is 0 Å². The zero-order valence-corrected chi connectivity index (χ0v) is 17.8. The average Bonchev–Trinajstić information content (AvgIpc) is 2.65. The Hall–Kier alpha value is -1.84. The van der Waals surface area contributed by atoms with Crippen LogP contribution in [-0.2, 0) is 4.79 Å². The first-order valence-electron chi connectivity index (χ1n) is 8.59. The van der Waals surface area contributed by atoms with Gasteiger partial charge < -0.3 is 5.32 Å². The van der Waals surface area contributed by atoms with Crippen molar-refractivity contribution >= 4 is 52.4 Å². The second-order valence-electron chi connectivity index (χ2n) is 5.61. The highest BCUT2D eigenvalue weighted by Gasteiger charge is 2.08. The number of nitrogens with zero attached hydrogens (tertiary/aromatic N) is 2. The van der Waals surface area contributed by atoms with Crippen molar-refractivity contribution in [3.8, 4) is 0 Å². The fourth-order valence-corrected chi connectivity index (χ4v) is 3.92. The molecule has 0 atom stereocenters. The monoisotopic (exact) mass is 421 g/mol. The molecule has 1 amide bonds. The molecule has 0 saturated heterocycles. The van der Waals surface area contributed by atoms with Gasteiger partial charge in [0, 0.05) is 17.1 Å². The quantitative estimate of drug-likeness (QED) is 0.148. The van der Waals surface area contributed by atoms with Gasteiger partial charge in [-0.15, -0.1) is 0 Å². The van der Waals surface area contributed by atoms with E-state index in [-0.39, 0.29) is 11.7 Å². The van der Waals surface area contributed by atoms with E-state index in [1.807, 2.05) is 43.3 Å². The van der Waals surface area contributed by atoms with Gasteiger partial charge in [0.25, 0.3) is 0 Å². The topological polar surface area (TPSA) is 78.9 Å². The first-order chi connectivity index (χ1) is 13.1. The zero-order valence-electron chi connectivity index (χ0n) is 15.3. The number of anilines is 1. The van der Waals surface area contributed by atoms with Crippen molar-refractivity contribution in [3.05, 3.63) is 42.1 Å². The summed E-state index contributed by atoms with van der Waals surface area (Å²) in [4.78, 5) is 21.0. The van der Waals surface area contributed by atoms with Gasteiger partial charge in [-0.1, -0.05) is 55.1 Å². The highest BCUT2D eigenvalue weighted by Crippen LogP contribution is 2.21. The third kappa shape index (κ3) is 8.59. The van der Waals surface area contributed by atoms with E-state index in [4.69, 9.17) is 12.2 Å². The number of unbranched alkanes of at least 4 members (excludes halogenated alkanes) is 1. The van der Waals surface area contributed by atoms with Crippen LogP contribution >= 0.6 is 35.7 Å². The number of carbonyl (C=O) groups excluding carboxylic acids is 1. The lowest BCUT2D eigenvalue weighted by atomic mass is 10.3. The molecule has 0 fully saturated rings. The molecular formula is C18H23N5OS3. The normalized spacial score (nSPS) is 10.3. The van der Waals surface area contributed by atoms with Crippen molar-refractivity contribution in [2.45, 2.75) is 36.9 Å². The number of amides is 1. The summed E-state index contributed by atoms with van der Waals surface area (Å²) in [5, 5.41) is 4.87. The second kappa shape index (κ2) is 11.8. The molecule has 27 heavy (non-hydrogen) atoms. The molecule has 9 heteroatoms. The van der Waals surface area contributed by atoms with Gasteiger partial charge in [0.05, 0.1) is 5.75 Å². The SMILES string of the molecule is CCCCSc1nc(C)cc(SCC(=O)NNC(=S)Nc2ccccc2)n1. The molecule has 2 aromatic rings. The molecule has 0 unspecified atom stereocenters. The van der Waals surface area contributed by atoms with Gasteiger partial charge in [0.2, 0.25) is 5.91 Å². The van der Waals surface area contributed by atoms with Gasteiger partial charge in [0.1, 0.15) is 5.03 Å². The predicted molar refractivity (Wildman–Crippen MR) is 117 cm³/mol. The van der Waals surface area contributed by atoms with E-state index in [1.165, 1.54) is 11.8 Å². The highest BCUT2D eigenvalue weighted by molar-refractivity contribution is 8.00. The number of hydrogen-bond donors (Lipinski definition) is 3. The summed E-state index contributed by atoms with van der Waals surface area (Å²) >= 11 is 8.17. The molecule has 144 valence electrons. The number of para-hydroxylation sites is 1. The Kier molecular flexibility index (Phi) is 9.37. The molecule has 1 heterocycles. The van der Waals surface area contributed by atoms with Gasteiger partial charge in [-0.25, -0.2) is 9.97 Å². The van der Waals surface area contributed by atoms with Crippen LogP contribution in [0.15, 0.2) is 46.6 Å². The molecule has 1 aromatic heterocycles. The van der Waals surface area contributed by atoms with Gasteiger partial charge in [-0.05, 0) is 43.8 Å². The standard InChI is InChI=1S/C18H23N5OS3/c1-3-4-10-26-18-19-13(2)11-16(21-18)27-12-15(24)22-23-17(25)20-14-8-6-5-7-9-14/h5-9,11H,3-4,10,12H2,1-2H3,(H,22,24)(H2,20,23,25).